The Morgan fingerprint density at radius 1 is 1.09 bits per heavy atom. The van der Waals surface area contributed by atoms with Crippen LogP contribution in [0.5, 0.6) is 17.2 Å². The highest BCUT2D eigenvalue weighted by Gasteiger charge is 2.33. The number of benzene rings is 2. The molecule has 3 aromatic rings. The number of aromatic nitrogens is 2. The second-order valence-corrected chi connectivity index (χ2v) is 9.21. The van der Waals surface area contributed by atoms with E-state index in [1.165, 1.54) is 0 Å². The fourth-order valence-corrected chi connectivity index (χ4v) is 4.17. The Morgan fingerprint density at radius 3 is 2.74 bits per heavy atom. The van der Waals surface area contributed by atoms with Gasteiger partial charge >= 0.3 is 0 Å². The van der Waals surface area contributed by atoms with Gasteiger partial charge in [0.2, 0.25) is 0 Å². The molecule has 0 spiro atoms. The SMILES string of the molecule is COc1cc(CN2CCOC[C@](O)(COc3cccc(C)c3)C2)ccc1OCCn1cc(C)cn1. The molecule has 0 aliphatic carbocycles. The molecule has 1 atom stereocenters. The molecule has 2 aromatic carbocycles. The number of nitrogens with zero attached hydrogens (tertiary/aromatic N) is 3. The highest BCUT2D eigenvalue weighted by molar-refractivity contribution is 5.43. The van der Waals surface area contributed by atoms with E-state index in [0.29, 0.717) is 44.3 Å². The van der Waals surface area contributed by atoms with E-state index < -0.39 is 5.60 Å². The van der Waals surface area contributed by atoms with Crippen LogP contribution in [0.3, 0.4) is 0 Å². The quantitative estimate of drug-likeness (QED) is 0.476. The number of hydrogen-bond donors (Lipinski definition) is 1. The largest absolute Gasteiger partial charge is 0.493 e. The van der Waals surface area contributed by atoms with Gasteiger partial charge in [0.1, 0.15) is 24.6 Å². The number of aryl methyl sites for hydroxylation is 2. The summed E-state index contributed by atoms with van der Waals surface area (Å²) >= 11 is 0. The van der Waals surface area contributed by atoms with Crippen LogP contribution in [0.2, 0.25) is 0 Å². The lowest BCUT2D eigenvalue weighted by Gasteiger charge is -2.30. The molecule has 8 nitrogen and oxygen atoms in total. The van der Waals surface area contributed by atoms with Crippen LogP contribution in [0.1, 0.15) is 16.7 Å². The molecule has 0 saturated carbocycles. The first-order valence-electron chi connectivity index (χ1n) is 11.9. The highest BCUT2D eigenvalue weighted by atomic mass is 16.5. The van der Waals surface area contributed by atoms with Gasteiger partial charge in [-0.25, -0.2) is 0 Å². The molecular weight excluding hydrogens is 446 g/mol. The average molecular weight is 482 g/mol. The van der Waals surface area contributed by atoms with Crippen LogP contribution in [0, 0.1) is 13.8 Å². The fraction of sp³-hybridized carbons (Fsp3) is 0.444. The zero-order valence-electron chi connectivity index (χ0n) is 20.8. The van der Waals surface area contributed by atoms with Gasteiger partial charge in [-0.2, -0.15) is 5.10 Å². The summed E-state index contributed by atoms with van der Waals surface area (Å²) in [5, 5.41) is 15.5. The minimum atomic E-state index is -1.10. The predicted molar refractivity (Wildman–Crippen MR) is 133 cm³/mol. The van der Waals surface area contributed by atoms with Crippen LogP contribution in [0.4, 0.5) is 0 Å². The summed E-state index contributed by atoms with van der Waals surface area (Å²) in [5.41, 5.74) is 2.21. The molecule has 0 bridgehead atoms. The molecule has 2 heterocycles. The number of β-amino-alcohol motifs (C(OH)–C–C–N with tert-alkyl or cyclic N) is 1. The normalized spacial score (nSPS) is 18.7. The van der Waals surface area contributed by atoms with Crippen LogP contribution in [-0.2, 0) is 17.8 Å². The van der Waals surface area contributed by atoms with E-state index in [0.717, 1.165) is 29.0 Å². The molecule has 1 aliphatic heterocycles. The van der Waals surface area contributed by atoms with Gasteiger partial charge < -0.3 is 24.1 Å². The Balaban J connectivity index is 1.35. The second kappa shape index (κ2) is 11.6. The molecule has 35 heavy (non-hydrogen) atoms. The Morgan fingerprint density at radius 2 is 1.97 bits per heavy atom. The Kier molecular flexibility index (Phi) is 8.28. The van der Waals surface area contributed by atoms with Gasteiger partial charge in [-0.15, -0.1) is 0 Å². The minimum absolute atomic E-state index is 0.166. The van der Waals surface area contributed by atoms with Crippen molar-refractivity contribution < 1.29 is 24.1 Å². The van der Waals surface area contributed by atoms with Crippen molar-refractivity contribution >= 4 is 0 Å². The van der Waals surface area contributed by atoms with Crippen molar-refractivity contribution in [3.8, 4) is 17.2 Å². The number of ether oxygens (including phenoxy) is 4. The Hall–Kier alpha value is -3.07. The maximum absolute atomic E-state index is 11.2. The van der Waals surface area contributed by atoms with Gasteiger partial charge in [-0.3, -0.25) is 9.58 Å². The van der Waals surface area contributed by atoms with Crippen molar-refractivity contribution in [2.75, 3.05) is 46.6 Å². The lowest BCUT2D eigenvalue weighted by Crippen LogP contribution is -2.48. The van der Waals surface area contributed by atoms with Gasteiger partial charge in [-0.1, -0.05) is 18.2 Å². The Labute approximate surface area is 207 Å². The monoisotopic (exact) mass is 481 g/mol. The first-order valence-corrected chi connectivity index (χ1v) is 11.9. The van der Waals surface area contributed by atoms with Crippen LogP contribution < -0.4 is 14.2 Å². The molecule has 8 heteroatoms. The summed E-state index contributed by atoms with van der Waals surface area (Å²) in [6.45, 7) is 7.96. The summed E-state index contributed by atoms with van der Waals surface area (Å²) in [6, 6.07) is 13.8. The van der Waals surface area contributed by atoms with Gasteiger partial charge in [-0.05, 0) is 54.8 Å². The van der Waals surface area contributed by atoms with E-state index in [4.69, 9.17) is 18.9 Å². The van der Waals surface area contributed by atoms with Crippen molar-refractivity contribution in [1.29, 1.82) is 0 Å². The lowest BCUT2D eigenvalue weighted by molar-refractivity contribution is -0.0646. The predicted octanol–water partition coefficient (Wildman–Crippen LogP) is 3.23. The third kappa shape index (κ3) is 7.21. The van der Waals surface area contributed by atoms with Crippen LogP contribution in [0.25, 0.3) is 0 Å². The van der Waals surface area contributed by atoms with Crippen LogP contribution in [-0.4, -0.2) is 72.0 Å². The van der Waals surface area contributed by atoms with Gasteiger partial charge in [0.15, 0.2) is 11.5 Å². The zero-order chi connectivity index (χ0) is 24.7. The van der Waals surface area contributed by atoms with E-state index in [2.05, 4.69) is 10.00 Å². The molecule has 1 aliphatic rings. The maximum atomic E-state index is 11.2. The molecule has 4 rings (SSSR count). The standard InChI is InChI=1S/C27H35N3O5/c1-21-5-4-6-24(13-21)35-20-27(31)18-29(9-11-33-19-27)17-23-7-8-25(26(14-23)32-3)34-12-10-30-16-22(2)15-28-30/h4-8,13-16,31H,9-12,17-20H2,1-3H3/t27-/m0/s1. The topological polar surface area (TPSA) is 78.2 Å². The number of rotatable bonds is 10. The van der Waals surface area contributed by atoms with Gasteiger partial charge in [0.25, 0.3) is 0 Å². The van der Waals surface area contributed by atoms with Crippen molar-refractivity contribution in [2.45, 2.75) is 32.5 Å². The van der Waals surface area contributed by atoms with E-state index >= 15 is 0 Å². The molecule has 1 N–H and O–H groups in total. The molecule has 0 amide bonds. The van der Waals surface area contributed by atoms with E-state index in [1.807, 2.05) is 73.4 Å². The number of aliphatic hydroxyl groups is 1. The summed E-state index contributed by atoms with van der Waals surface area (Å²) in [5.74, 6) is 2.13. The molecular formula is C27H35N3O5. The molecule has 1 aromatic heterocycles. The summed E-state index contributed by atoms with van der Waals surface area (Å²) in [6.07, 6.45) is 3.82. The maximum Gasteiger partial charge on any atom is 0.161 e. The highest BCUT2D eigenvalue weighted by Crippen LogP contribution is 2.29. The fourth-order valence-electron chi connectivity index (χ4n) is 4.17. The lowest BCUT2D eigenvalue weighted by atomic mass is 10.1. The van der Waals surface area contributed by atoms with Crippen LogP contribution >= 0.6 is 0 Å². The van der Waals surface area contributed by atoms with E-state index in [1.54, 1.807) is 7.11 Å². The smallest absolute Gasteiger partial charge is 0.161 e. The molecule has 0 radical (unpaired) electrons. The van der Waals surface area contributed by atoms with E-state index in [-0.39, 0.29) is 13.2 Å². The van der Waals surface area contributed by atoms with E-state index in [9.17, 15) is 5.11 Å². The summed E-state index contributed by atoms with van der Waals surface area (Å²) in [7, 11) is 1.64. The molecule has 1 saturated heterocycles. The van der Waals surface area contributed by atoms with Crippen LogP contribution in [0.15, 0.2) is 54.9 Å². The van der Waals surface area contributed by atoms with Crippen molar-refractivity contribution in [3.05, 3.63) is 71.5 Å². The third-order valence-electron chi connectivity index (χ3n) is 5.91. The minimum Gasteiger partial charge on any atom is -0.493 e. The average Bonchev–Trinajstić information content (AvgIpc) is 3.16. The van der Waals surface area contributed by atoms with Gasteiger partial charge in [0.05, 0.1) is 33.1 Å². The van der Waals surface area contributed by atoms with Crippen molar-refractivity contribution in [1.82, 2.24) is 14.7 Å². The van der Waals surface area contributed by atoms with Gasteiger partial charge in [0, 0.05) is 25.8 Å². The summed E-state index contributed by atoms with van der Waals surface area (Å²) in [4.78, 5) is 2.18. The summed E-state index contributed by atoms with van der Waals surface area (Å²) < 4.78 is 25.0. The van der Waals surface area contributed by atoms with Crippen molar-refractivity contribution in [3.63, 3.8) is 0 Å². The first kappa shape index (κ1) is 25.0. The third-order valence-corrected chi connectivity index (χ3v) is 5.91. The molecule has 0 unspecified atom stereocenters. The first-order chi connectivity index (χ1) is 16.9. The Bertz CT molecular complexity index is 1100. The molecule has 1 fully saturated rings. The number of hydrogen-bond acceptors (Lipinski definition) is 7. The molecule has 188 valence electrons. The van der Waals surface area contributed by atoms with Crippen molar-refractivity contribution in [2.24, 2.45) is 0 Å². The number of methoxy groups -OCH3 is 1. The zero-order valence-corrected chi connectivity index (χ0v) is 20.8. The second-order valence-electron chi connectivity index (χ2n) is 9.21.